The first kappa shape index (κ1) is 15.0. The van der Waals surface area contributed by atoms with E-state index in [1.807, 2.05) is 4.90 Å². The number of carbonyl (C=O) groups is 2. The molecule has 5 nitrogen and oxygen atoms in total. The van der Waals surface area contributed by atoms with Gasteiger partial charge in [0, 0.05) is 13.1 Å². The molecule has 3 N–H and O–H groups in total. The van der Waals surface area contributed by atoms with Gasteiger partial charge in [-0.15, -0.1) is 0 Å². The number of hydrogen-bond acceptors (Lipinski definition) is 3. The van der Waals surface area contributed by atoms with Gasteiger partial charge in [0.05, 0.1) is 13.1 Å². The summed E-state index contributed by atoms with van der Waals surface area (Å²) in [4.78, 5) is 24.7. The van der Waals surface area contributed by atoms with Gasteiger partial charge in [-0.05, 0) is 24.2 Å². The molecular formula is C13H25N3O2. The first-order chi connectivity index (χ1) is 8.34. The summed E-state index contributed by atoms with van der Waals surface area (Å²) in [7, 11) is 0. The van der Waals surface area contributed by atoms with E-state index in [-0.39, 0.29) is 24.9 Å². The van der Waals surface area contributed by atoms with E-state index in [2.05, 4.69) is 26.1 Å². The molecule has 2 amide bonds. The third kappa shape index (κ3) is 4.29. The second-order valence-corrected chi connectivity index (χ2v) is 6.00. The monoisotopic (exact) mass is 255 g/mol. The summed E-state index contributed by atoms with van der Waals surface area (Å²) in [5, 5.41) is 2.52. The van der Waals surface area contributed by atoms with Gasteiger partial charge in [0.2, 0.25) is 11.8 Å². The fourth-order valence-corrected chi connectivity index (χ4v) is 2.35. The highest BCUT2D eigenvalue weighted by Gasteiger charge is 2.30. The Morgan fingerprint density at radius 2 is 1.83 bits per heavy atom. The number of nitrogens with one attached hydrogen (secondary N) is 1. The van der Waals surface area contributed by atoms with E-state index in [4.69, 9.17) is 5.73 Å². The van der Waals surface area contributed by atoms with Crippen LogP contribution in [0.25, 0.3) is 0 Å². The van der Waals surface area contributed by atoms with Gasteiger partial charge in [-0.25, -0.2) is 0 Å². The standard InChI is InChI=1S/C13H25N3O2/c1-13(2,3)10-4-6-16(7-5-10)12(18)9-15-11(17)8-14/h10H,4-9,14H2,1-3H3,(H,15,17). The molecule has 0 unspecified atom stereocenters. The highest BCUT2D eigenvalue weighted by atomic mass is 16.2. The van der Waals surface area contributed by atoms with Gasteiger partial charge < -0.3 is 16.0 Å². The van der Waals surface area contributed by atoms with E-state index >= 15 is 0 Å². The molecule has 0 spiro atoms. The number of amides is 2. The van der Waals surface area contributed by atoms with Crippen LogP contribution in [-0.2, 0) is 9.59 Å². The highest BCUT2D eigenvalue weighted by molar-refractivity contribution is 5.85. The van der Waals surface area contributed by atoms with E-state index < -0.39 is 0 Å². The maximum absolute atomic E-state index is 11.8. The van der Waals surface area contributed by atoms with Crippen molar-refractivity contribution < 1.29 is 9.59 Å². The summed E-state index contributed by atoms with van der Waals surface area (Å²) in [6, 6.07) is 0. The zero-order valence-electron chi connectivity index (χ0n) is 11.7. The molecule has 0 aromatic carbocycles. The van der Waals surface area contributed by atoms with Crippen molar-refractivity contribution in [1.29, 1.82) is 0 Å². The van der Waals surface area contributed by atoms with Crippen molar-refractivity contribution in [2.45, 2.75) is 33.6 Å². The van der Waals surface area contributed by atoms with Gasteiger partial charge in [0.15, 0.2) is 0 Å². The molecule has 1 aliphatic rings. The van der Waals surface area contributed by atoms with Crippen LogP contribution in [0.3, 0.4) is 0 Å². The van der Waals surface area contributed by atoms with Crippen molar-refractivity contribution in [1.82, 2.24) is 10.2 Å². The molecule has 104 valence electrons. The van der Waals surface area contributed by atoms with Crippen LogP contribution in [-0.4, -0.2) is 42.9 Å². The molecule has 0 radical (unpaired) electrons. The maximum atomic E-state index is 11.8. The van der Waals surface area contributed by atoms with Crippen LogP contribution in [0.5, 0.6) is 0 Å². The van der Waals surface area contributed by atoms with E-state index in [9.17, 15) is 9.59 Å². The van der Waals surface area contributed by atoms with Crippen molar-refractivity contribution in [2.24, 2.45) is 17.1 Å². The molecular weight excluding hydrogens is 230 g/mol. The van der Waals surface area contributed by atoms with Crippen molar-refractivity contribution in [3.05, 3.63) is 0 Å². The summed E-state index contributed by atoms with van der Waals surface area (Å²) in [6.07, 6.45) is 2.08. The number of nitrogens with zero attached hydrogens (tertiary/aromatic N) is 1. The summed E-state index contributed by atoms with van der Waals surface area (Å²) in [5.74, 6) is 0.372. The molecule has 1 saturated heterocycles. The molecule has 1 rings (SSSR count). The van der Waals surface area contributed by atoms with Crippen LogP contribution in [0.2, 0.25) is 0 Å². The van der Waals surface area contributed by atoms with Crippen LogP contribution in [0.1, 0.15) is 33.6 Å². The van der Waals surface area contributed by atoms with Gasteiger partial charge in [-0.3, -0.25) is 9.59 Å². The predicted molar refractivity (Wildman–Crippen MR) is 70.8 cm³/mol. The summed E-state index contributed by atoms with van der Waals surface area (Å²) >= 11 is 0. The molecule has 0 aromatic heterocycles. The molecule has 1 heterocycles. The Morgan fingerprint density at radius 1 is 1.28 bits per heavy atom. The summed E-state index contributed by atoms with van der Waals surface area (Å²) in [6.45, 7) is 8.32. The maximum Gasteiger partial charge on any atom is 0.241 e. The molecule has 0 bridgehead atoms. The van der Waals surface area contributed by atoms with Gasteiger partial charge in [-0.2, -0.15) is 0 Å². The molecule has 0 atom stereocenters. The zero-order chi connectivity index (χ0) is 13.8. The topological polar surface area (TPSA) is 75.4 Å². The molecule has 18 heavy (non-hydrogen) atoms. The molecule has 1 aliphatic heterocycles. The smallest absolute Gasteiger partial charge is 0.241 e. The minimum atomic E-state index is -0.284. The van der Waals surface area contributed by atoms with Crippen LogP contribution in [0, 0.1) is 11.3 Å². The average molecular weight is 255 g/mol. The Morgan fingerprint density at radius 3 is 2.28 bits per heavy atom. The van der Waals surface area contributed by atoms with Crippen molar-refractivity contribution >= 4 is 11.8 Å². The minimum absolute atomic E-state index is 0.0100. The Labute approximate surface area is 109 Å². The minimum Gasteiger partial charge on any atom is -0.346 e. The second-order valence-electron chi connectivity index (χ2n) is 6.00. The molecule has 0 aromatic rings. The summed E-state index contributed by atoms with van der Waals surface area (Å²) in [5.41, 5.74) is 5.47. The Bertz CT molecular complexity index is 302. The summed E-state index contributed by atoms with van der Waals surface area (Å²) < 4.78 is 0. The van der Waals surface area contributed by atoms with Gasteiger partial charge >= 0.3 is 0 Å². The quantitative estimate of drug-likeness (QED) is 0.764. The van der Waals surface area contributed by atoms with Crippen molar-refractivity contribution in [3.8, 4) is 0 Å². The number of hydrogen-bond donors (Lipinski definition) is 2. The van der Waals surface area contributed by atoms with Gasteiger partial charge in [-0.1, -0.05) is 20.8 Å². The number of rotatable bonds is 3. The van der Waals surface area contributed by atoms with Gasteiger partial charge in [0.25, 0.3) is 0 Å². The lowest BCUT2D eigenvalue weighted by Crippen LogP contribution is -2.46. The lowest BCUT2D eigenvalue weighted by Gasteiger charge is -2.38. The van der Waals surface area contributed by atoms with Crippen molar-refractivity contribution in [3.63, 3.8) is 0 Å². The zero-order valence-corrected chi connectivity index (χ0v) is 11.7. The lowest BCUT2D eigenvalue weighted by atomic mass is 9.75. The third-order valence-corrected chi connectivity index (χ3v) is 3.69. The normalized spacial score (nSPS) is 17.7. The number of likely N-dealkylation sites (tertiary alicyclic amines) is 1. The third-order valence-electron chi connectivity index (χ3n) is 3.69. The van der Waals surface area contributed by atoms with Crippen LogP contribution < -0.4 is 11.1 Å². The second kappa shape index (κ2) is 6.18. The van der Waals surface area contributed by atoms with Crippen LogP contribution >= 0.6 is 0 Å². The van der Waals surface area contributed by atoms with E-state index in [1.54, 1.807) is 0 Å². The van der Waals surface area contributed by atoms with Gasteiger partial charge in [0.1, 0.15) is 0 Å². The largest absolute Gasteiger partial charge is 0.346 e. The SMILES string of the molecule is CC(C)(C)C1CCN(C(=O)CNC(=O)CN)CC1. The highest BCUT2D eigenvalue weighted by Crippen LogP contribution is 2.34. The Hall–Kier alpha value is -1.10. The Balaban J connectivity index is 2.34. The van der Waals surface area contributed by atoms with Crippen molar-refractivity contribution in [2.75, 3.05) is 26.2 Å². The molecule has 1 fully saturated rings. The predicted octanol–water partition coefficient (Wildman–Crippen LogP) is 0.346. The number of piperidine rings is 1. The first-order valence-corrected chi connectivity index (χ1v) is 6.59. The Kier molecular flexibility index (Phi) is 5.14. The average Bonchev–Trinajstić information content (AvgIpc) is 2.34. The number of nitrogens with two attached hydrogens (primary N) is 1. The van der Waals surface area contributed by atoms with E-state index in [1.165, 1.54) is 0 Å². The molecule has 0 saturated carbocycles. The lowest BCUT2D eigenvalue weighted by molar-refractivity contribution is -0.134. The fraction of sp³-hybridized carbons (Fsp3) is 0.846. The van der Waals surface area contributed by atoms with E-state index in [0.717, 1.165) is 25.9 Å². The number of carbonyl (C=O) groups excluding carboxylic acids is 2. The fourth-order valence-electron chi connectivity index (χ4n) is 2.35. The molecule has 0 aliphatic carbocycles. The van der Waals surface area contributed by atoms with Crippen LogP contribution in [0.4, 0.5) is 0 Å². The van der Waals surface area contributed by atoms with Crippen LogP contribution in [0.15, 0.2) is 0 Å². The first-order valence-electron chi connectivity index (χ1n) is 6.59. The molecule has 5 heteroatoms. The van der Waals surface area contributed by atoms with E-state index in [0.29, 0.717) is 11.3 Å².